The number of urea groups is 1. The second-order valence-electron chi connectivity index (χ2n) is 5.29. The van der Waals surface area contributed by atoms with E-state index >= 15 is 0 Å². The van der Waals surface area contributed by atoms with Crippen molar-refractivity contribution in [1.82, 2.24) is 14.9 Å². The minimum atomic E-state index is -4.52. The van der Waals surface area contributed by atoms with Crippen LogP contribution in [0.5, 0.6) is 0 Å². The van der Waals surface area contributed by atoms with Crippen LogP contribution in [0.15, 0.2) is 42.7 Å². The predicted octanol–water partition coefficient (Wildman–Crippen LogP) is 2.82. The summed E-state index contributed by atoms with van der Waals surface area (Å²) in [5, 5.41) is 5.35. The third kappa shape index (κ3) is 3.55. The number of alkyl halides is 3. The summed E-state index contributed by atoms with van der Waals surface area (Å²) in [6, 6.07) is 5.97. The third-order valence-electron chi connectivity index (χ3n) is 3.54. The molecule has 1 saturated heterocycles. The minimum absolute atomic E-state index is 0.0315. The number of halogens is 3. The van der Waals surface area contributed by atoms with Crippen LogP contribution in [0.1, 0.15) is 5.56 Å². The van der Waals surface area contributed by atoms with Crippen molar-refractivity contribution in [3.8, 4) is 0 Å². The van der Waals surface area contributed by atoms with E-state index in [1.54, 1.807) is 18.5 Å². The number of likely N-dealkylation sites (tertiary alicyclic amines) is 1. The van der Waals surface area contributed by atoms with Crippen molar-refractivity contribution in [2.24, 2.45) is 0 Å². The van der Waals surface area contributed by atoms with Crippen molar-refractivity contribution in [2.45, 2.75) is 12.2 Å². The summed E-state index contributed by atoms with van der Waals surface area (Å²) in [6.45, 7) is 0.719. The summed E-state index contributed by atoms with van der Waals surface area (Å²) in [4.78, 5) is 21.5. The van der Waals surface area contributed by atoms with Crippen LogP contribution in [0.25, 0.3) is 0 Å². The fraction of sp³-hybridized carbons (Fsp3) is 0.267. The molecule has 0 saturated carbocycles. The average Bonchev–Trinajstić information content (AvgIpc) is 2.51. The number of rotatable bonds is 3. The molecule has 1 aromatic carbocycles. The van der Waals surface area contributed by atoms with Crippen molar-refractivity contribution >= 4 is 17.7 Å². The van der Waals surface area contributed by atoms with E-state index in [1.165, 1.54) is 23.1 Å². The number of para-hydroxylation sites is 1. The van der Waals surface area contributed by atoms with E-state index in [-0.39, 0.29) is 11.7 Å². The first-order valence-corrected chi connectivity index (χ1v) is 7.19. The molecule has 0 unspecified atom stereocenters. The Morgan fingerprint density at radius 2 is 1.79 bits per heavy atom. The number of hydrogen-bond donors (Lipinski definition) is 2. The van der Waals surface area contributed by atoms with Gasteiger partial charge < -0.3 is 15.5 Å². The molecule has 2 amide bonds. The lowest BCUT2D eigenvalue weighted by molar-refractivity contribution is -0.136. The Morgan fingerprint density at radius 1 is 1.12 bits per heavy atom. The van der Waals surface area contributed by atoms with E-state index in [0.29, 0.717) is 19.0 Å². The molecule has 2 heterocycles. The predicted molar refractivity (Wildman–Crippen MR) is 81.5 cm³/mol. The van der Waals surface area contributed by atoms with Gasteiger partial charge in [0.1, 0.15) is 0 Å². The molecular weight excluding hydrogens is 323 g/mol. The molecule has 1 aromatic heterocycles. The van der Waals surface area contributed by atoms with Gasteiger partial charge in [0.2, 0.25) is 5.95 Å². The highest BCUT2D eigenvalue weighted by Crippen LogP contribution is 2.34. The smallest absolute Gasteiger partial charge is 0.348 e. The summed E-state index contributed by atoms with van der Waals surface area (Å²) in [6.07, 6.45) is -1.34. The van der Waals surface area contributed by atoms with E-state index in [4.69, 9.17) is 0 Å². The first kappa shape index (κ1) is 16.0. The first-order valence-electron chi connectivity index (χ1n) is 7.19. The molecule has 0 spiro atoms. The van der Waals surface area contributed by atoms with Gasteiger partial charge in [0.05, 0.1) is 17.3 Å². The molecule has 0 atom stereocenters. The van der Waals surface area contributed by atoms with Gasteiger partial charge in [-0.15, -0.1) is 0 Å². The Hall–Kier alpha value is -2.84. The van der Waals surface area contributed by atoms with Gasteiger partial charge >= 0.3 is 12.2 Å². The van der Waals surface area contributed by atoms with E-state index in [9.17, 15) is 18.0 Å². The van der Waals surface area contributed by atoms with Crippen LogP contribution in [0.4, 0.5) is 29.6 Å². The van der Waals surface area contributed by atoms with Gasteiger partial charge in [-0.3, -0.25) is 0 Å². The Bertz CT molecular complexity index is 717. The number of carbonyl (C=O) groups is 1. The number of nitrogens with zero attached hydrogens (tertiary/aromatic N) is 3. The molecule has 126 valence electrons. The lowest BCUT2D eigenvalue weighted by atomic mass is 10.1. The number of amides is 2. The van der Waals surface area contributed by atoms with Gasteiger partial charge in [0.25, 0.3) is 0 Å². The molecule has 0 aliphatic carbocycles. The molecule has 9 heteroatoms. The molecular formula is C15H14F3N5O. The van der Waals surface area contributed by atoms with Crippen molar-refractivity contribution in [3.63, 3.8) is 0 Å². The maximum Gasteiger partial charge on any atom is 0.418 e. The summed E-state index contributed by atoms with van der Waals surface area (Å²) >= 11 is 0. The fourth-order valence-corrected chi connectivity index (χ4v) is 2.33. The SMILES string of the molecule is O=C(Nc1ccccc1C(F)(F)F)N1CC(Nc2ncccn2)C1. The van der Waals surface area contributed by atoms with Crippen molar-refractivity contribution in [2.75, 3.05) is 23.7 Å². The topological polar surface area (TPSA) is 70.2 Å². The van der Waals surface area contributed by atoms with Crippen LogP contribution >= 0.6 is 0 Å². The van der Waals surface area contributed by atoms with Gasteiger partial charge in [0, 0.05) is 25.5 Å². The lowest BCUT2D eigenvalue weighted by Crippen LogP contribution is -2.58. The van der Waals surface area contributed by atoms with Gasteiger partial charge in [-0.2, -0.15) is 13.2 Å². The normalized spacial score (nSPS) is 14.9. The number of benzene rings is 1. The second kappa shape index (κ2) is 6.34. The highest BCUT2D eigenvalue weighted by molar-refractivity contribution is 5.91. The van der Waals surface area contributed by atoms with Gasteiger partial charge in [-0.05, 0) is 18.2 Å². The maximum atomic E-state index is 12.9. The number of carbonyl (C=O) groups excluding carboxylic acids is 1. The largest absolute Gasteiger partial charge is 0.418 e. The standard InChI is InChI=1S/C15H14F3N5O/c16-15(17,18)11-4-1-2-5-12(11)22-14(24)23-8-10(9-23)21-13-19-6-3-7-20-13/h1-7,10H,8-9H2,(H,22,24)(H,19,20,21). The lowest BCUT2D eigenvalue weighted by Gasteiger charge is -2.39. The minimum Gasteiger partial charge on any atom is -0.348 e. The van der Waals surface area contributed by atoms with Gasteiger partial charge in [-0.25, -0.2) is 14.8 Å². The van der Waals surface area contributed by atoms with Crippen LogP contribution < -0.4 is 10.6 Å². The summed E-state index contributed by atoms with van der Waals surface area (Å²) in [7, 11) is 0. The number of nitrogens with one attached hydrogen (secondary N) is 2. The monoisotopic (exact) mass is 337 g/mol. The van der Waals surface area contributed by atoms with Crippen LogP contribution in [-0.2, 0) is 6.18 Å². The molecule has 0 radical (unpaired) electrons. The van der Waals surface area contributed by atoms with Crippen molar-refractivity contribution in [3.05, 3.63) is 48.3 Å². The molecule has 24 heavy (non-hydrogen) atoms. The molecule has 2 N–H and O–H groups in total. The zero-order valence-corrected chi connectivity index (χ0v) is 12.4. The van der Waals surface area contributed by atoms with E-state index in [1.807, 2.05) is 0 Å². The Balaban J connectivity index is 1.56. The fourth-order valence-electron chi connectivity index (χ4n) is 2.33. The summed E-state index contributed by atoms with van der Waals surface area (Å²) < 4.78 is 38.7. The highest BCUT2D eigenvalue weighted by Gasteiger charge is 2.35. The summed E-state index contributed by atoms with van der Waals surface area (Å²) in [5.74, 6) is 0.449. The first-order chi connectivity index (χ1) is 11.4. The molecule has 1 fully saturated rings. The van der Waals surface area contributed by atoms with Crippen LogP contribution in [0, 0.1) is 0 Å². The third-order valence-corrected chi connectivity index (χ3v) is 3.54. The Kier molecular flexibility index (Phi) is 4.24. The Morgan fingerprint density at radius 3 is 2.46 bits per heavy atom. The second-order valence-corrected chi connectivity index (χ2v) is 5.29. The number of aromatic nitrogens is 2. The molecule has 3 rings (SSSR count). The van der Waals surface area contributed by atoms with Crippen LogP contribution in [-0.4, -0.2) is 40.0 Å². The average molecular weight is 337 g/mol. The maximum absolute atomic E-state index is 12.9. The van der Waals surface area contributed by atoms with Crippen LogP contribution in [0.3, 0.4) is 0 Å². The zero-order chi connectivity index (χ0) is 17.2. The van der Waals surface area contributed by atoms with Crippen molar-refractivity contribution < 1.29 is 18.0 Å². The van der Waals surface area contributed by atoms with E-state index in [2.05, 4.69) is 20.6 Å². The molecule has 0 bridgehead atoms. The van der Waals surface area contributed by atoms with E-state index in [0.717, 1.165) is 6.07 Å². The zero-order valence-electron chi connectivity index (χ0n) is 12.4. The molecule has 1 aliphatic heterocycles. The van der Waals surface area contributed by atoms with E-state index < -0.39 is 17.8 Å². The van der Waals surface area contributed by atoms with Crippen molar-refractivity contribution in [1.29, 1.82) is 0 Å². The molecule has 2 aromatic rings. The summed E-state index contributed by atoms with van der Waals surface area (Å²) in [5.41, 5.74) is -1.12. The number of hydrogen-bond acceptors (Lipinski definition) is 4. The molecule has 6 nitrogen and oxygen atoms in total. The van der Waals surface area contributed by atoms with Gasteiger partial charge in [-0.1, -0.05) is 12.1 Å². The quantitative estimate of drug-likeness (QED) is 0.904. The molecule has 1 aliphatic rings. The highest BCUT2D eigenvalue weighted by atomic mass is 19.4. The number of anilines is 2. The van der Waals surface area contributed by atoms with Crippen LogP contribution in [0.2, 0.25) is 0 Å². The Labute approximate surface area is 135 Å². The van der Waals surface area contributed by atoms with Gasteiger partial charge in [0.15, 0.2) is 0 Å².